The molecule has 2 aromatic carbocycles. The molecule has 0 aromatic heterocycles. The van der Waals surface area contributed by atoms with Gasteiger partial charge in [-0.15, -0.1) is 0 Å². The lowest BCUT2D eigenvalue weighted by molar-refractivity contribution is -0.142. The van der Waals surface area contributed by atoms with Gasteiger partial charge in [-0.3, -0.25) is 0 Å². The third-order valence-electron chi connectivity index (χ3n) is 5.20. The van der Waals surface area contributed by atoms with Gasteiger partial charge in [0.2, 0.25) is 4.33 Å². The molecule has 0 amide bonds. The van der Waals surface area contributed by atoms with Crippen molar-refractivity contribution in [2.24, 2.45) is 0 Å². The van der Waals surface area contributed by atoms with Gasteiger partial charge < -0.3 is 9.64 Å². The van der Waals surface area contributed by atoms with E-state index in [-0.39, 0.29) is 0 Å². The fraction of sp³-hybridized carbons (Fsp3) is 0.318. The molecule has 4 rings (SSSR count). The molecule has 0 saturated carbocycles. The molecule has 2 aliphatic rings. The van der Waals surface area contributed by atoms with Crippen LogP contribution >= 0.6 is 23.2 Å². The minimum absolute atomic E-state index is 0.514. The number of ether oxygens (including phenoxy) is 1. The summed E-state index contributed by atoms with van der Waals surface area (Å²) in [6.45, 7) is 0. The van der Waals surface area contributed by atoms with E-state index in [1.54, 1.807) is 0 Å². The van der Waals surface area contributed by atoms with Crippen molar-refractivity contribution in [1.29, 1.82) is 0 Å². The van der Waals surface area contributed by atoms with E-state index in [1.807, 2.05) is 60.7 Å². The molecule has 0 bridgehead atoms. The van der Waals surface area contributed by atoms with Crippen LogP contribution in [-0.4, -0.2) is 16.3 Å². The van der Waals surface area contributed by atoms with Crippen LogP contribution in [0, 0.1) is 0 Å². The number of rotatable bonds is 3. The first-order valence-corrected chi connectivity index (χ1v) is 10.1. The summed E-state index contributed by atoms with van der Waals surface area (Å²) in [6.07, 6.45) is 4.72. The van der Waals surface area contributed by atoms with E-state index >= 15 is 0 Å². The second-order valence-electron chi connectivity index (χ2n) is 6.97. The van der Waals surface area contributed by atoms with E-state index in [0.717, 1.165) is 54.8 Å². The number of halogens is 2. The molecule has 0 radical (unpaired) electrons. The third kappa shape index (κ3) is 3.46. The van der Waals surface area contributed by atoms with Gasteiger partial charge in [0.05, 0.1) is 0 Å². The smallest absolute Gasteiger partial charge is 0.350 e. The molecule has 1 aliphatic carbocycles. The molecular weight excluding hydrogens is 381 g/mol. The first-order valence-electron chi connectivity index (χ1n) is 9.30. The zero-order valence-electron chi connectivity index (χ0n) is 14.9. The average molecular weight is 402 g/mol. The van der Waals surface area contributed by atoms with Gasteiger partial charge in [0.25, 0.3) is 0 Å². The summed E-state index contributed by atoms with van der Waals surface area (Å²) < 4.78 is 3.90. The molecule has 3 nitrogen and oxygen atoms in total. The zero-order chi connectivity index (χ0) is 18.9. The normalized spacial score (nSPS) is 21.9. The van der Waals surface area contributed by atoms with Crippen molar-refractivity contribution >= 4 is 40.5 Å². The Bertz CT molecular complexity index is 810. The van der Waals surface area contributed by atoms with Crippen LogP contribution in [0.15, 0.2) is 72.0 Å². The Labute approximate surface area is 169 Å². The SMILES string of the molecule is O=C1OC2=C(CCCCC2)C(N(c2ccccc2)c2ccccc2)C1(Cl)Cl. The van der Waals surface area contributed by atoms with Crippen LogP contribution in [0.2, 0.25) is 0 Å². The molecule has 1 atom stereocenters. The van der Waals surface area contributed by atoms with Gasteiger partial charge in [0.1, 0.15) is 11.8 Å². The number of nitrogens with zero attached hydrogens (tertiary/aromatic N) is 1. The molecular formula is C22H21Cl2NO2. The first-order chi connectivity index (χ1) is 13.1. The highest BCUT2D eigenvalue weighted by molar-refractivity contribution is 6.58. The predicted molar refractivity (Wildman–Crippen MR) is 109 cm³/mol. The van der Waals surface area contributed by atoms with Crippen molar-refractivity contribution < 1.29 is 9.53 Å². The van der Waals surface area contributed by atoms with Crippen molar-refractivity contribution in [2.45, 2.75) is 42.5 Å². The van der Waals surface area contributed by atoms with E-state index < -0.39 is 16.3 Å². The second-order valence-corrected chi connectivity index (χ2v) is 8.35. The summed E-state index contributed by atoms with van der Waals surface area (Å²) in [5.41, 5.74) is 2.90. The van der Waals surface area contributed by atoms with E-state index in [0.29, 0.717) is 0 Å². The van der Waals surface area contributed by atoms with E-state index in [1.165, 1.54) is 0 Å². The summed E-state index contributed by atoms with van der Waals surface area (Å²) in [5, 5.41) is 0. The van der Waals surface area contributed by atoms with Gasteiger partial charge in [0, 0.05) is 17.8 Å². The maximum atomic E-state index is 12.7. The lowest BCUT2D eigenvalue weighted by Crippen LogP contribution is -2.54. The van der Waals surface area contributed by atoms with Crippen LogP contribution in [0.1, 0.15) is 32.1 Å². The van der Waals surface area contributed by atoms with Crippen molar-refractivity contribution in [1.82, 2.24) is 0 Å². The van der Waals surface area contributed by atoms with Gasteiger partial charge in [-0.1, -0.05) is 66.0 Å². The zero-order valence-corrected chi connectivity index (χ0v) is 16.4. The van der Waals surface area contributed by atoms with Crippen molar-refractivity contribution in [3.63, 3.8) is 0 Å². The number of anilines is 2. The number of allylic oxidation sites excluding steroid dienone is 1. The maximum Gasteiger partial charge on any atom is 0.350 e. The Morgan fingerprint density at radius 2 is 1.41 bits per heavy atom. The predicted octanol–water partition coefficient (Wildman–Crippen LogP) is 6.14. The minimum atomic E-state index is -1.69. The monoisotopic (exact) mass is 401 g/mol. The van der Waals surface area contributed by atoms with Gasteiger partial charge in [-0.25, -0.2) is 4.79 Å². The molecule has 2 aromatic rings. The first kappa shape index (κ1) is 18.4. The Morgan fingerprint density at radius 1 is 0.852 bits per heavy atom. The fourth-order valence-electron chi connectivity index (χ4n) is 3.94. The topological polar surface area (TPSA) is 29.5 Å². The van der Waals surface area contributed by atoms with Gasteiger partial charge >= 0.3 is 5.97 Å². The molecule has 5 heteroatoms. The maximum absolute atomic E-state index is 12.7. The lowest BCUT2D eigenvalue weighted by Gasteiger charge is -2.43. The summed E-state index contributed by atoms with van der Waals surface area (Å²) in [6, 6.07) is 19.3. The molecule has 1 heterocycles. The van der Waals surface area contributed by atoms with Gasteiger partial charge in [-0.05, 0) is 49.1 Å². The number of hydrogen-bond acceptors (Lipinski definition) is 3. The van der Waals surface area contributed by atoms with Crippen LogP contribution in [0.5, 0.6) is 0 Å². The molecule has 0 saturated heterocycles. The molecule has 0 N–H and O–H groups in total. The van der Waals surface area contributed by atoms with Crippen molar-refractivity contribution in [3.8, 4) is 0 Å². The van der Waals surface area contributed by atoms with E-state index in [4.69, 9.17) is 27.9 Å². The molecule has 1 unspecified atom stereocenters. The van der Waals surface area contributed by atoms with Gasteiger partial charge in [-0.2, -0.15) is 0 Å². The molecule has 140 valence electrons. The van der Waals surface area contributed by atoms with Crippen molar-refractivity contribution in [2.75, 3.05) is 4.90 Å². The molecule has 1 aliphatic heterocycles. The molecule has 0 spiro atoms. The number of carbonyl (C=O) groups excluding carboxylic acids is 1. The number of alkyl halides is 2. The fourth-order valence-corrected chi connectivity index (χ4v) is 4.47. The highest BCUT2D eigenvalue weighted by atomic mass is 35.5. The standard InChI is InChI=1S/C22H21Cl2NO2/c23-22(24)20(18-14-8-3-9-15-19(18)27-21(22)26)25(16-10-4-1-5-11-16)17-12-6-2-7-13-17/h1-2,4-7,10-13,20H,3,8-9,14-15H2. The largest absolute Gasteiger partial charge is 0.429 e. The lowest BCUT2D eigenvalue weighted by atomic mass is 9.92. The summed E-state index contributed by atoms with van der Waals surface area (Å²) in [4.78, 5) is 14.8. The van der Waals surface area contributed by atoms with E-state index in [2.05, 4.69) is 4.90 Å². The van der Waals surface area contributed by atoms with Crippen LogP contribution in [-0.2, 0) is 9.53 Å². The van der Waals surface area contributed by atoms with Crippen LogP contribution in [0.3, 0.4) is 0 Å². The Kier molecular flexibility index (Phi) is 5.16. The Morgan fingerprint density at radius 3 is 2.00 bits per heavy atom. The minimum Gasteiger partial charge on any atom is -0.429 e. The second kappa shape index (κ2) is 7.57. The summed E-state index contributed by atoms with van der Waals surface area (Å²) in [7, 11) is 0. The number of para-hydroxylation sites is 2. The van der Waals surface area contributed by atoms with Crippen molar-refractivity contribution in [3.05, 3.63) is 72.0 Å². The number of hydrogen-bond donors (Lipinski definition) is 0. The third-order valence-corrected chi connectivity index (χ3v) is 5.92. The van der Waals surface area contributed by atoms with Gasteiger partial charge in [0.15, 0.2) is 0 Å². The van der Waals surface area contributed by atoms with E-state index in [9.17, 15) is 4.79 Å². The Hall–Kier alpha value is -1.97. The quantitative estimate of drug-likeness (QED) is 0.456. The number of esters is 1. The summed E-state index contributed by atoms with van der Waals surface area (Å²) in [5.74, 6) is 0.157. The molecule has 27 heavy (non-hydrogen) atoms. The highest BCUT2D eigenvalue weighted by Gasteiger charge is 2.53. The van der Waals surface area contributed by atoms with Crippen LogP contribution in [0.25, 0.3) is 0 Å². The molecule has 0 fully saturated rings. The number of carbonyl (C=O) groups is 1. The number of benzene rings is 2. The van der Waals surface area contributed by atoms with Crippen LogP contribution < -0.4 is 4.90 Å². The highest BCUT2D eigenvalue weighted by Crippen LogP contribution is 2.47. The summed E-state index contributed by atoms with van der Waals surface area (Å²) >= 11 is 13.3. The van der Waals surface area contributed by atoms with Crippen LogP contribution in [0.4, 0.5) is 11.4 Å². The average Bonchev–Trinajstić information content (AvgIpc) is 2.92. The Balaban J connectivity index is 1.91.